The van der Waals surface area contributed by atoms with E-state index < -0.39 is 0 Å². The van der Waals surface area contributed by atoms with Gasteiger partial charge >= 0.3 is 0 Å². The molecule has 0 aromatic heterocycles. The minimum Gasteiger partial charge on any atom is -0.331 e. The first-order valence-electron chi connectivity index (χ1n) is 7.34. The minimum absolute atomic E-state index is 0.0887. The molecule has 3 N–H and O–H groups in total. The van der Waals surface area contributed by atoms with Crippen molar-refractivity contribution in [1.82, 2.24) is 10.9 Å². The Balaban J connectivity index is 1.81. The van der Waals surface area contributed by atoms with Crippen molar-refractivity contribution in [1.29, 1.82) is 0 Å². The fourth-order valence-electron chi connectivity index (χ4n) is 2.39. The number of rotatable bonds is 5. The minimum atomic E-state index is -0.0887. The van der Waals surface area contributed by atoms with Gasteiger partial charge in [-0.2, -0.15) is 0 Å². The molecule has 1 amide bonds. The summed E-state index contributed by atoms with van der Waals surface area (Å²) >= 11 is 0. The van der Waals surface area contributed by atoms with Gasteiger partial charge in [0, 0.05) is 17.7 Å². The molecule has 2 rings (SSSR count). The third-order valence-electron chi connectivity index (χ3n) is 3.64. The first kappa shape index (κ1) is 14.6. The molecule has 20 heavy (non-hydrogen) atoms. The Morgan fingerprint density at radius 2 is 2.05 bits per heavy atom. The zero-order chi connectivity index (χ0) is 14.4. The van der Waals surface area contributed by atoms with Gasteiger partial charge in [0.2, 0.25) is 0 Å². The Labute approximate surface area is 120 Å². The number of amides is 1. The number of nitrogens with one attached hydrogen (secondary N) is 3. The van der Waals surface area contributed by atoms with E-state index >= 15 is 0 Å². The fourth-order valence-corrected chi connectivity index (χ4v) is 2.39. The van der Waals surface area contributed by atoms with Gasteiger partial charge in [-0.3, -0.25) is 10.2 Å². The summed E-state index contributed by atoms with van der Waals surface area (Å²) in [4.78, 5) is 13.6. The molecule has 1 atom stereocenters. The Morgan fingerprint density at radius 1 is 1.30 bits per heavy atom. The van der Waals surface area contributed by atoms with Crippen LogP contribution < -0.4 is 15.8 Å². The van der Waals surface area contributed by atoms with Gasteiger partial charge in [-0.15, -0.1) is 0 Å². The molecule has 0 aliphatic carbocycles. The topological polar surface area (TPSA) is 45.6 Å². The summed E-state index contributed by atoms with van der Waals surface area (Å²) in [5, 5.41) is 0. The third-order valence-corrected chi connectivity index (χ3v) is 3.64. The number of carbonyl (C=O) groups excluding carboxylic acids is 1. The Bertz CT molecular complexity index is 479. The van der Waals surface area contributed by atoms with Gasteiger partial charge in [0.1, 0.15) is 0 Å². The zero-order valence-corrected chi connectivity index (χ0v) is 12.3. The second-order valence-electron chi connectivity index (χ2n) is 5.38. The van der Waals surface area contributed by atoms with Gasteiger partial charge in [-0.25, -0.2) is 0 Å². The molecular weight excluding hydrogens is 250 g/mol. The summed E-state index contributed by atoms with van der Waals surface area (Å²) in [6.45, 7) is 7.62. The van der Waals surface area contributed by atoms with Crippen molar-refractivity contribution < 1.29 is 9.69 Å². The van der Waals surface area contributed by atoms with E-state index in [9.17, 15) is 4.79 Å². The van der Waals surface area contributed by atoms with Gasteiger partial charge in [0.05, 0.1) is 19.6 Å². The Hall–Kier alpha value is -1.81. The van der Waals surface area contributed by atoms with Crippen LogP contribution in [0.4, 0.5) is 0 Å². The highest BCUT2D eigenvalue weighted by Crippen LogP contribution is 2.03. The van der Waals surface area contributed by atoms with Gasteiger partial charge < -0.3 is 10.3 Å². The lowest BCUT2D eigenvalue weighted by atomic mass is 10.1. The van der Waals surface area contributed by atoms with Crippen molar-refractivity contribution in [3.8, 4) is 0 Å². The van der Waals surface area contributed by atoms with E-state index in [1.807, 2.05) is 31.2 Å². The first-order chi connectivity index (χ1) is 9.69. The summed E-state index contributed by atoms with van der Waals surface area (Å²) in [5.41, 5.74) is 8.76. The molecule has 1 unspecified atom stereocenters. The van der Waals surface area contributed by atoms with Crippen LogP contribution in [0.3, 0.4) is 0 Å². The summed E-state index contributed by atoms with van der Waals surface area (Å²) < 4.78 is 0. The monoisotopic (exact) mass is 274 g/mol. The lowest BCUT2D eigenvalue weighted by Gasteiger charge is -2.23. The van der Waals surface area contributed by atoms with Gasteiger partial charge in [0.15, 0.2) is 0 Å². The van der Waals surface area contributed by atoms with E-state index in [2.05, 4.69) is 23.9 Å². The van der Waals surface area contributed by atoms with Crippen LogP contribution in [0.5, 0.6) is 0 Å². The van der Waals surface area contributed by atoms with E-state index in [0.717, 1.165) is 30.8 Å². The molecule has 0 spiro atoms. The molecule has 0 saturated carbocycles. The molecular formula is C16H24N3O+. The van der Waals surface area contributed by atoms with Crippen LogP contribution in [0.1, 0.15) is 35.7 Å². The molecule has 0 saturated heterocycles. The van der Waals surface area contributed by atoms with Crippen LogP contribution in [-0.2, 0) is 0 Å². The molecule has 0 fully saturated rings. The summed E-state index contributed by atoms with van der Waals surface area (Å²) in [6, 6.07) is 7.57. The van der Waals surface area contributed by atoms with Crippen LogP contribution in [0, 0.1) is 6.92 Å². The van der Waals surface area contributed by atoms with Crippen LogP contribution in [0.25, 0.3) is 0 Å². The number of carbonyl (C=O) groups is 1. The maximum atomic E-state index is 12.0. The van der Waals surface area contributed by atoms with Crippen molar-refractivity contribution >= 4 is 5.91 Å². The predicted molar refractivity (Wildman–Crippen MR) is 80.3 cm³/mol. The number of benzene rings is 1. The van der Waals surface area contributed by atoms with E-state index in [4.69, 9.17) is 0 Å². The van der Waals surface area contributed by atoms with Crippen molar-refractivity contribution in [2.45, 2.75) is 26.7 Å². The Kier molecular flexibility index (Phi) is 5.18. The van der Waals surface area contributed by atoms with E-state index in [1.165, 1.54) is 13.0 Å². The highest BCUT2D eigenvalue weighted by atomic mass is 16.2. The highest BCUT2D eigenvalue weighted by Gasteiger charge is 2.14. The van der Waals surface area contributed by atoms with Crippen molar-refractivity contribution in [3.05, 3.63) is 47.2 Å². The van der Waals surface area contributed by atoms with Crippen molar-refractivity contribution in [3.63, 3.8) is 0 Å². The second kappa shape index (κ2) is 7.10. The first-order valence-corrected chi connectivity index (χ1v) is 7.34. The number of aryl methyl sites for hydroxylation is 1. The van der Waals surface area contributed by atoms with E-state index in [-0.39, 0.29) is 5.91 Å². The second-order valence-corrected chi connectivity index (χ2v) is 5.38. The largest absolute Gasteiger partial charge is 0.331 e. The molecule has 108 valence electrons. The lowest BCUT2D eigenvalue weighted by molar-refractivity contribution is -0.895. The summed E-state index contributed by atoms with van der Waals surface area (Å²) in [6.07, 6.45) is 4.39. The SMILES string of the molecule is CCC[NH+]1CC=C(NNC(=O)c2ccc(C)cc2)CC1. The van der Waals surface area contributed by atoms with Gasteiger partial charge in [-0.05, 0) is 31.6 Å². The maximum Gasteiger partial charge on any atom is 0.269 e. The van der Waals surface area contributed by atoms with Crippen molar-refractivity contribution in [2.24, 2.45) is 0 Å². The van der Waals surface area contributed by atoms with E-state index in [1.54, 1.807) is 4.90 Å². The van der Waals surface area contributed by atoms with Crippen LogP contribution in [-0.4, -0.2) is 25.5 Å². The van der Waals surface area contributed by atoms with Crippen LogP contribution in [0.15, 0.2) is 36.0 Å². The van der Waals surface area contributed by atoms with Crippen LogP contribution >= 0.6 is 0 Å². The average molecular weight is 274 g/mol. The standard InChI is InChI=1S/C16H23N3O/c1-3-10-19-11-8-15(9-12-19)17-18-16(20)14-6-4-13(2)5-7-14/h4-8,17H,3,9-12H2,1-2H3,(H,18,20)/p+1. The summed E-state index contributed by atoms with van der Waals surface area (Å²) in [7, 11) is 0. The fraction of sp³-hybridized carbons (Fsp3) is 0.438. The molecule has 4 heteroatoms. The molecule has 0 radical (unpaired) electrons. The maximum absolute atomic E-state index is 12.0. The van der Waals surface area contributed by atoms with Crippen LogP contribution in [0.2, 0.25) is 0 Å². The predicted octanol–water partition coefficient (Wildman–Crippen LogP) is 0.812. The highest BCUT2D eigenvalue weighted by molar-refractivity contribution is 5.93. The van der Waals surface area contributed by atoms with Crippen molar-refractivity contribution in [2.75, 3.05) is 19.6 Å². The molecule has 1 heterocycles. The molecule has 0 bridgehead atoms. The number of quaternary nitrogens is 1. The third kappa shape index (κ3) is 4.10. The average Bonchev–Trinajstić information content (AvgIpc) is 2.47. The smallest absolute Gasteiger partial charge is 0.269 e. The lowest BCUT2D eigenvalue weighted by Crippen LogP contribution is -3.12. The normalized spacial score (nSPS) is 18.3. The molecule has 1 aromatic carbocycles. The zero-order valence-electron chi connectivity index (χ0n) is 12.3. The molecule has 4 nitrogen and oxygen atoms in total. The van der Waals surface area contributed by atoms with Gasteiger partial charge in [-0.1, -0.05) is 24.6 Å². The van der Waals surface area contributed by atoms with E-state index in [0.29, 0.717) is 5.56 Å². The molecule has 1 aromatic rings. The Morgan fingerprint density at radius 3 is 2.65 bits per heavy atom. The number of hydrazine groups is 1. The molecule has 1 aliphatic rings. The number of hydrogen-bond donors (Lipinski definition) is 3. The van der Waals surface area contributed by atoms with Gasteiger partial charge in [0.25, 0.3) is 5.91 Å². The molecule has 1 aliphatic heterocycles. The number of hydrogen-bond acceptors (Lipinski definition) is 2. The quantitative estimate of drug-likeness (QED) is 0.696. The summed E-state index contributed by atoms with van der Waals surface area (Å²) in [5.74, 6) is -0.0887.